The molecule has 0 aromatic heterocycles. The van der Waals surface area contributed by atoms with Gasteiger partial charge in [-0.3, -0.25) is 0 Å². The van der Waals surface area contributed by atoms with Crippen LogP contribution in [0.3, 0.4) is 0 Å². The van der Waals surface area contributed by atoms with Gasteiger partial charge < -0.3 is 35.2 Å². The van der Waals surface area contributed by atoms with Crippen LogP contribution in [0.15, 0.2) is 66.7 Å². The van der Waals surface area contributed by atoms with Crippen LogP contribution in [0.4, 0.5) is 0 Å². The lowest BCUT2D eigenvalue weighted by atomic mass is 10.1. The van der Waals surface area contributed by atoms with E-state index in [4.69, 9.17) is 14.6 Å². The first kappa shape index (κ1) is 25.0. The summed E-state index contributed by atoms with van der Waals surface area (Å²) in [4.78, 5) is 11.1. The standard InChI is InChI=1S/C26H29NO7/c28-15-21-13-24(8-9-25(21)30)34-17-22(29)14-27-11-10-18-4-6-23(7-5-18)33-16-19-2-1-3-20(12-19)26(31)32/h1-9,12-13,22,27-30H,10-11,14-17H2,(H,31,32). The lowest BCUT2D eigenvalue weighted by molar-refractivity contribution is 0.0696. The number of benzene rings is 3. The van der Waals surface area contributed by atoms with Crippen molar-refractivity contribution in [3.63, 3.8) is 0 Å². The molecule has 8 nitrogen and oxygen atoms in total. The molecule has 3 aromatic rings. The summed E-state index contributed by atoms with van der Waals surface area (Å²) in [6.45, 7) is 1.12. The van der Waals surface area contributed by atoms with E-state index in [9.17, 15) is 20.1 Å². The first-order valence-electron chi connectivity index (χ1n) is 10.9. The Morgan fingerprint density at radius 1 is 0.941 bits per heavy atom. The van der Waals surface area contributed by atoms with Crippen molar-refractivity contribution in [2.24, 2.45) is 0 Å². The molecule has 0 aliphatic heterocycles. The molecule has 0 radical (unpaired) electrons. The third-order valence-electron chi connectivity index (χ3n) is 5.14. The highest BCUT2D eigenvalue weighted by molar-refractivity contribution is 5.87. The second-order valence-electron chi connectivity index (χ2n) is 7.81. The molecule has 5 N–H and O–H groups in total. The second kappa shape index (κ2) is 12.6. The largest absolute Gasteiger partial charge is 0.508 e. The Morgan fingerprint density at radius 3 is 2.44 bits per heavy atom. The number of hydrogen-bond acceptors (Lipinski definition) is 7. The van der Waals surface area contributed by atoms with Gasteiger partial charge in [-0.15, -0.1) is 0 Å². The number of nitrogens with one attached hydrogen (secondary N) is 1. The van der Waals surface area contributed by atoms with Crippen molar-refractivity contribution in [1.29, 1.82) is 0 Å². The van der Waals surface area contributed by atoms with Crippen molar-refractivity contribution in [2.75, 3.05) is 19.7 Å². The Labute approximate surface area is 198 Å². The van der Waals surface area contributed by atoms with E-state index in [-0.39, 0.29) is 31.1 Å². The van der Waals surface area contributed by atoms with Crippen molar-refractivity contribution in [3.8, 4) is 17.2 Å². The molecule has 1 unspecified atom stereocenters. The third kappa shape index (κ3) is 7.77. The maximum atomic E-state index is 11.1. The number of phenols is 1. The van der Waals surface area contributed by atoms with E-state index in [0.29, 0.717) is 30.2 Å². The Hall–Kier alpha value is -3.59. The normalized spacial score (nSPS) is 11.7. The Bertz CT molecular complexity index is 1070. The molecule has 0 saturated carbocycles. The molecule has 0 fully saturated rings. The van der Waals surface area contributed by atoms with Gasteiger partial charge in [0.25, 0.3) is 0 Å². The zero-order valence-electron chi connectivity index (χ0n) is 18.7. The van der Waals surface area contributed by atoms with Gasteiger partial charge in [-0.25, -0.2) is 4.79 Å². The van der Waals surface area contributed by atoms with Crippen LogP contribution in [0, 0.1) is 0 Å². The van der Waals surface area contributed by atoms with Gasteiger partial charge in [0.1, 0.15) is 36.6 Å². The fourth-order valence-electron chi connectivity index (χ4n) is 3.24. The topological polar surface area (TPSA) is 128 Å². The molecule has 3 aromatic carbocycles. The molecule has 0 bridgehead atoms. The van der Waals surface area contributed by atoms with E-state index in [1.54, 1.807) is 24.3 Å². The molecular formula is C26H29NO7. The quantitative estimate of drug-likeness (QED) is 0.243. The summed E-state index contributed by atoms with van der Waals surface area (Å²) < 4.78 is 11.3. The van der Waals surface area contributed by atoms with Crippen molar-refractivity contribution in [2.45, 2.75) is 25.7 Å². The summed E-state index contributed by atoms with van der Waals surface area (Å²) in [6.07, 6.45) is 0.0635. The highest BCUT2D eigenvalue weighted by Gasteiger charge is 2.08. The Kier molecular flexibility index (Phi) is 9.28. The summed E-state index contributed by atoms with van der Waals surface area (Å²) >= 11 is 0. The van der Waals surface area contributed by atoms with Crippen molar-refractivity contribution in [1.82, 2.24) is 5.32 Å². The summed E-state index contributed by atoms with van der Waals surface area (Å²) in [6, 6.07) is 18.9. The van der Waals surface area contributed by atoms with Crippen LogP contribution in [0.5, 0.6) is 17.2 Å². The predicted molar refractivity (Wildman–Crippen MR) is 126 cm³/mol. The molecule has 0 heterocycles. The predicted octanol–water partition coefficient (Wildman–Crippen LogP) is 2.73. The van der Waals surface area contributed by atoms with E-state index < -0.39 is 12.1 Å². The summed E-state index contributed by atoms with van der Waals surface area (Å²) in [5.41, 5.74) is 2.50. The lowest BCUT2D eigenvalue weighted by Crippen LogP contribution is -2.32. The minimum absolute atomic E-state index is 0.00202. The van der Waals surface area contributed by atoms with E-state index in [1.165, 1.54) is 12.1 Å². The van der Waals surface area contributed by atoms with E-state index in [1.807, 2.05) is 30.3 Å². The van der Waals surface area contributed by atoms with Crippen molar-refractivity contribution < 1.29 is 34.7 Å². The fraction of sp³-hybridized carbons (Fsp3) is 0.269. The zero-order valence-corrected chi connectivity index (χ0v) is 18.7. The lowest BCUT2D eigenvalue weighted by Gasteiger charge is -2.14. The van der Waals surface area contributed by atoms with Crippen LogP contribution in [0.25, 0.3) is 0 Å². The molecule has 1 atom stereocenters. The van der Waals surface area contributed by atoms with Crippen molar-refractivity contribution in [3.05, 3.63) is 89.0 Å². The van der Waals surface area contributed by atoms with Crippen LogP contribution in [-0.4, -0.2) is 52.2 Å². The minimum atomic E-state index is -0.964. The molecule has 0 aliphatic rings. The Morgan fingerprint density at radius 2 is 1.71 bits per heavy atom. The summed E-state index contributed by atoms with van der Waals surface area (Å²) in [7, 11) is 0. The molecule has 34 heavy (non-hydrogen) atoms. The number of hydrogen-bond donors (Lipinski definition) is 5. The smallest absolute Gasteiger partial charge is 0.335 e. The number of ether oxygens (including phenoxy) is 2. The summed E-state index contributed by atoms with van der Waals surface area (Å²) in [5.74, 6) is 0.206. The monoisotopic (exact) mass is 467 g/mol. The molecule has 3 rings (SSSR count). The van der Waals surface area contributed by atoms with Crippen LogP contribution < -0.4 is 14.8 Å². The van der Waals surface area contributed by atoms with Gasteiger partial charge >= 0.3 is 5.97 Å². The fourth-order valence-corrected chi connectivity index (χ4v) is 3.24. The van der Waals surface area contributed by atoms with E-state index >= 15 is 0 Å². The number of rotatable bonds is 13. The van der Waals surface area contributed by atoms with E-state index in [2.05, 4.69) is 5.32 Å². The molecule has 0 aliphatic carbocycles. The van der Waals surface area contributed by atoms with Gasteiger partial charge in [-0.05, 0) is 66.6 Å². The molecular weight excluding hydrogens is 438 g/mol. The third-order valence-corrected chi connectivity index (χ3v) is 5.14. The number of carboxylic acid groups (broad SMARTS) is 1. The van der Waals surface area contributed by atoms with Crippen LogP contribution >= 0.6 is 0 Å². The number of carbonyl (C=O) groups is 1. The average molecular weight is 468 g/mol. The maximum Gasteiger partial charge on any atom is 0.335 e. The number of aliphatic hydroxyl groups is 2. The van der Waals surface area contributed by atoms with Gasteiger partial charge in [0.2, 0.25) is 0 Å². The SMILES string of the molecule is O=C(O)c1cccc(COc2ccc(CCNCC(O)COc3ccc(O)c(CO)c3)cc2)c1. The number of aliphatic hydroxyl groups excluding tert-OH is 2. The minimum Gasteiger partial charge on any atom is -0.508 e. The zero-order chi connectivity index (χ0) is 24.3. The van der Waals surface area contributed by atoms with E-state index in [0.717, 1.165) is 17.5 Å². The highest BCUT2D eigenvalue weighted by atomic mass is 16.5. The molecule has 0 amide bonds. The maximum absolute atomic E-state index is 11.1. The average Bonchev–Trinajstić information content (AvgIpc) is 2.85. The molecule has 180 valence electrons. The molecule has 0 spiro atoms. The number of carboxylic acids is 1. The second-order valence-corrected chi connectivity index (χ2v) is 7.81. The van der Waals surface area contributed by atoms with Gasteiger partial charge in [-0.2, -0.15) is 0 Å². The van der Waals surface area contributed by atoms with Gasteiger partial charge in [0, 0.05) is 12.1 Å². The first-order valence-corrected chi connectivity index (χ1v) is 10.9. The number of aromatic carboxylic acids is 1. The van der Waals surface area contributed by atoms with Gasteiger partial charge in [0.05, 0.1) is 12.2 Å². The van der Waals surface area contributed by atoms with Crippen LogP contribution in [0.2, 0.25) is 0 Å². The Balaban J connectivity index is 1.34. The van der Waals surface area contributed by atoms with Crippen molar-refractivity contribution >= 4 is 5.97 Å². The van der Waals surface area contributed by atoms with Gasteiger partial charge in [-0.1, -0.05) is 24.3 Å². The van der Waals surface area contributed by atoms with Crippen LogP contribution in [0.1, 0.15) is 27.0 Å². The van der Waals surface area contributed by atoms with Crippen LogP contribution in [-0.2, 0) is 19.6 Å². The van der Waals surface area contributed by atoms with Gasteiger partial charge in [0.15, 0.2) is 0 Å². The summed E-state index contributed by atoms with van der Waals surface area (Å²) in [5, 5.41) is 41.1. The number of aromatic hydroxyl groups is 1. The molecule has 0 saturated heterocycles. The molecule has 8 heteroatoms. The first-order chi connectivity index (χ1) is 16.4. The highest BCUT2D eigenvalue weighted by Crippen LogP contribution is 2.23.